The molecule has 1 aliphatic rings. The second-order valence-corrected chi connectivity index (χ2v) is 7.95. The highest BCUT2D eigenvalue weighted by Crippen LogP contribution is 2.28. The minimum Gasteiger partial charge on any atom is -0.495 e. The van der Waals surface area contributed by atoms with E-state index in [4.69, 9.17) is 4.74 Å². The summed E-state index contributed by atoms with van der Waals surface area (Å²) in [5.41, 5.74) is 0.865. The monoisotopic (exact) mass is 354 g/mol. The number of sulfonamides is 1. The van der Waals surface area contributed by atoms with Crippen molar-refractivity contribution in [3.8, 4) is 5.75 Å². The Morgan fingerprint density at radius 3 is 2.62 bits per heavy atom. The molecule has 1 saturated heterocycles. The zero-order valence-corrected chi connectivity index (χ0v) is 15.4. The molecule has 7 heteroatoms. The summed E-state index contributed by atoms with van der Waals surface area (Å²) in [5.74, 6) is 0.452. The van der Waals surface area contributed by atoms with Crippen molar-refractivity contribution in [3.05, 3.63) is 23.8 Å². The van der Waals surface area contributed by atoms with Gasteiger partial charge in [0, 0.05) is 32.6 Å². The first-order chi connectivity index (χ1) is 11.4. The van der Waals surface area contributed by atoms with Crippen molar-refractivity contribution in [2.75, 3.05) is 33.3 Å². The van der Waals surface area contributed by atoms with Crippen LogP contribution in [-0.4, -0.2) is 56.8 Å². The summed E-state index contributed by atoms with van der Waals surface area (Å²) in [6, 6.07) is 5.14. The number of hydrogen-bond acceptors (Lipinski definition) is 4. The summed E-state index contributed by atoms with van der Waals surface area (Å²) in [7, 11) is -2.17. The van der Waals surface area contributed by atoms with Gasteiger partial charge in [0.2, 0.25) is 15.9 Å². The summed E-state index contributed by atoms with van der Waals surface area (Å²) in [4.78, 5) is 14.0. The molecule has 1 heterocycles. The van der Waals surface area contributed by atoms with Gasteiger partial charge in [0.05, 0.1) is 7.11 Å². The Kier molecular flexibility index (Phi) is 6.23. The van der Waals surface area contributed by atoms with Crippen LogP contribution in [0.5, 0.6) is 5.75 Å². The Hall–Kier alpha value is -1.60. The van der Waals surface area contributed by atoms with E-state index in [1.54, 1.807) is 17.0 Å². The van der Waals surface area contributed by atoms with Crippen LogP contribution < -0.4 is 4.74 Å². The third-order valence-electron chi connectivity index (χ3n) is 4.21. The van der Waals surface area contributed by atoms with Gasteiger partial charge in [-0.1, -0.05) is 13.0 Å². The van der Waals surface area contributed by atoms with E-state index < -0.39 is 10.0 Å². The fourth-order valence-corrected chi connectivity index (χ4v) is 4.59. The van der Waals surface area contributed by atoms with Gasteiger partial charge in [-0.2, -0.15) is 4.31 Å². The molecule has 24 heavy (non-hydrogen) atoms. The van der Waals surface area contributed by atoms with Crippen molar-refractivity contribution in [1.82, 2.24) is 9.21 Å². The molecular weight excluding hydrogens is 328 g/mol. The van der Waals surface area contributed by atoms with E-state index in [2.05, 4.69) is 0 Å². The standard InChI is InChI=1S/C17H26N2O4S/c1-4-6-17(20)18-9-5-10-19(12-11-18)24(21,22)16-13-14(2)7-8-15(16)23-3/h7-8,13H,4-6,9-12H2,1-3H3. The molecule has 1 fully saturated rings. The Labute approximate surface area is 144 Å². The summed E-state index contributed by atoms with van der Waals surface area (Å²) in [5, 5.41) is 0. The molecule has 0 aliphatic carbocycles. The number of nitrogens with zero attached hydrogens (tertiary/aromatic N) is 2. The molecule has 0 bridgehead atoms. The topological polar surface area (TPSA) is 66.9 Å². The van der Waals surface area contributed by atoms with E-state index in [1.165, 1.54) is 11.4 Å². The highest BCUT2D eigenvalue weighted by atomic mass is 32.2. The summed E-state index contributed by atoms with van der Waals surface area (Å²) in [6.07, 6.45) is 1.96. The normalized spacial score (nSPS) is 16.7. The molecule has 0 atom stereocenters. The fraction of sp³-hybridized carbons (Fsp3) is 0.588. The minimum absolute atomic E-state index is 0.102. The van der Waals surface area contributed by atoms with Crippen LogP contribution in [0.25, 0.3) is 0 Å². The minimum atomic E-state index is -3.64. The number of ether oxygens (including phenoxy) is 1. The lowest BCUT2D eigenvalue weighted by Gasteiger charge is -2.22. The number of hydrogen-bond donors (Lipinski definition) is 0. The number of aryl methyl sites for hydroxylation is 1. The van der Waals surface area contributed by atoms with E-state index in [1.807, 2.05) is 19.9 Å². The molecule has 134 valence electrons. The molecule has 1 amide bonds. The van der Waals surface area contributed by atoms with Crippen molar-refractivity contribution in [2.24, 2.45) is 0 Å². The second-order valence-electron chi connectivity index (χ2n) is 6.04. The number of carbonyl (C=O) groups excluding carboxylic acids is 1. The molecule has 0 unspecified atom stereocenters. The molecule has 0 aromatic heterocycles. The van der Waals surface area contributed by atoms with Crippen LogP contribution in [0, 0.1) is 6.92 Å². The highest BCUT2D eigenvalue weighted by Gasteiger charge is 2.30. The lowest BCUT2D eigenvalue weighted by Crippen LogP contribution is -2.37. The Balaban J connectivity index is 2.22. The summed E-state index contributed by atoms with van der Waals surface area (Å²) < 4.78 is 32.7. The smallest absolute Gasteiger partial charge is 0.246 e. The molecule has 1 aromatic carbocycles. The molecular formula is C17H26N2O4S. The van der Waals surface area contributed by atoms with Gasteiger partial charge in [0.1, 0.15) is 10.6 Å². The Bertz CT molecular complexity index is 688. The maximum absolute atomic E-state index is 13.0. The average molecular weight is 354 g/mol. The lowest BCUT2D eigenvalue weighted by molar-refractivity contribution is -0.131. The van der Waals surface area contributed by atoms with Crippen molar-refractivity contribution in [1.29, 1.82) is 0 Å². The highest BCUT2D eigenvalue weighted by molar-refractivity contribution is 7.89. The zero-order chi connectivity index (χ0) is 17.7. The maximum Gasteiger partial charge on any atom is 0.246 e. The van der Waals surface area contributed by atoms with Crippen molar-refractivity contribution < 1.29 is 17.9 Å². The Morgan fingerprint density at radius 1 is 1.21 bits per heavy atom. The number of methoxy groups -OCH3 is 1. The van der Waals surface area contributed by atoms with Gasteiger partial charge in [-0.3, -0.25) is 4.79 Å². The third kappa shape index (κ3) is 4.08. The van der Waals surface area contributed by atoms with Crippen LogP contribution in [0.1, 0.15) is 31.7 Å². The van der Waals surface area contributed by atoms with E-state index >= 15 is 0 Å². The predicted octanol–water partition coefficient (Wildman–Crippen LogP) is 2.03. The third-order valence-corrected chi connectivity index (χ3v) is 6.13. The maximum atomic E-state index is 13.0. The van der Waals surface area contributed by atoms with E-state index in [0.29, 0.717) is 44.8 Å². The van der Waals surface area contributed by atoms with Gasteiger partial charge >= 0.3 is 0 Å². The number of amides is 1. The number of rotatable bonds is 5. The quantitative estimate of drug-likeness (QED) is 0.811. The van der Waals surface area contributed by atoms with Crippen molar-refractivity contribution in [3.63, 3.8) is 0 Å². The van der Waals surface area contributed by atoms with Crippen LogP contribution in [0.15, 0.2) is 23.1 Å². The molecule has 0 saturated carbocycles. The predicted molar refractivity (Wildman–Crippen MR) is 92.6 cm³/mol. The molecule has 0 radical (unpaired) electrons. The first-order valence-electron chi connectivity index (χ1n) is 8.32. The van der Waals surface area contributed by atoms with E-state index in [0.717, 1.165) is 12.0 Å². The molecule has 2 rings (SSSR count). The zero-order valence-electron chi connectivity index (χ0n) is 14.6. The summed E-state index contributed by atoms with van der Waals surface area (Å²) >= 11 is 0. The van der Waals surface area contributed by atoms with Gasteiger partial charge in [0.25, 0.3) is 0 Å². The molecule has 1 aliphatic heterocycles. The summed E-state index contributed by atoms with van der Waals surface area (Å²) in [6.45, 7) is 5.59. The van der Waals surface area contributed by atoms with Gasteiger partial charge in [-0.15, -0.1) is 0 Å². The van der Waals surface area contributed by atoms with Gasteiger partial charge in [0.15, 0.2) is 0 Å². The van der Waals surface area contributed by atoms with Crippen LogP contribution in [-0.2, 0) is 14.8 Å². The van der Waals surface area contributed by atoms with Gasteiger partial charge < -0.3 is 9.64 Å². The van der Waals surface area contributed by atoms with Crippen molar-refractivity contribution >= 4 is 15.9 Å². The van der Waals surface area contributed by atoms with Crippen LogP contribution >= 0.6 is 0 Å². The fourth-order valence-electron chi connectivity index (χ4n) is 2.88. The van der Waals surface area contributed by atoms with Gasteiger partial charge in [-0.25, -0.2) is 8.42 Å². The average Bonchev–Trinajstić information content (AvgIpc) is 2.81. The number of benzene rings is 1. The van der Waals surface area contributed by atoms with Crippen LogP contribution in [0.4, 0.5) is 0 Å². The molecule has 0 N–H and O–H groups in total. The first-order valence-corrected chi connectivity index (χ1v) is 9.76. The van der Waals surface area contributed by atoms with E-state index in [9.17, 15) is 13.2 Å². The lowest BCUT2D eigenvalue weighted by atomic mass is 10.2. The SMILES string of the molecule is CCCC(=O)N1CCCN(S(=O)(=O)c2cc(C)ccc2OC)CC1. The second kappa shape index (κ2) is 7.98. The first kappa shape index (κ1) is 18.7. The van der Waals surface area contributed by atoms with Crippen LogP contribution in [0.3, 0.4) is 0 Å². The van der Waals surface area contributed by atoms with Crippen molar-refractivity contribution in [2.45, 2.75) is 38.0 Å². The Morgan fingerprint density at radius 2 is 1.96 bits per heavy atom. The molecule has 0 spiro atoms. The van der Waals surface area contributed by atoms with Crippen LogP contribution in [0.2, 0.25) is 0 Å². The van der Waals surface area contributed by atoms with Gasteiger partial charge in [-0.05, 0) is 37.5 Å². The molecule has 1 aromatic rings. The number of carbonyl (C=O) groups is 1. The largest absolute Gasteiger partial charge is 0.495 e. The molecule has 6 nitrogen and oxygen atoms in total. The van der Waals surface area contributed by atoms with E-state index in [-0.39, 0.29) is 10.8 Å².